The summed E-state index contributed by atoms with van der Waals surface area (Å²) < 4.78 is 53.8. The zero-order valence-electron chi connectivity index (χ0n) is 16.2. The lowest BCUT2D eigenvalue weighted by Crippen LogP contribution is -3.15. The zero-order valence-corrected chi connectivity index (χ0v) is 17.0. The van der Waals surface area contributed by atoms with Crippen molar-refractivity contribution >= 4 is 15.9 Å². The van der Waals surface area contributed by atoms with Gasteiger partial charge in [-0.1, -0.05) is 6.92 Å². The number of rotatable bonds is 5. The van der Waals surface area contributed by atoms with Crippen LogP contribution in [0, 0.1) is 11.6 Å². The van der Waals surface area contributed by atoms with Crippen molar-refractivity contribution in [1.82, 2.24) is 9.21 Å². The van der Waals surface area contributed by atoms with Crippen molar-refractivity contribution in [2.75, 3.05) is 39.3 Å². The van der Waals surface area contributed by atoms with E-state index in [1.165, 1.54) is 4.31 Å². The quantitative estimate of drug-likeness (QED) is 0.767. The number of halogens is 2. The number of piperazine rings is 1. The lowest BCUT2D eigenvalue weighted by atomic mass is 10.00. The molecule has 2 heterocycles. The molecule has 9 heteroatoms. The van der Waals surface area contributed by atoms with E-state index in [0.717, 1.165) is 49.3 Å². The van der Waals surface area contributed by atoms with Gasteiger partial charge in [-0.2, -0.15) is 4.31 Å². The van der Waals surface area contributed by atoms with E-state index in [1.54, 1.807) is 0 Å². The molecule has 0 bridgehead atoms. The van der Waals surface area contributed by atoms with E-state index in [2.05, 4.69) is 6.92 Å². The van der Waals surface area contributed by atoms with E-state index in [-0.39, 0.29) is 19.0 Å². The average Bonchev–Trinajstić information content (AvgIpc) is 2.70. The predicted octanol–water partition coefficient (Wildman–Crippen LogP) is 0.645. The maximum atomic E-state index is 13.9. The molecule has 3 rings (SSSR count). The molecular weight excluding hydrogens is 388 g/mol. The highest BCUT2D eigenvalue weighted by atomic mass is 32.2. The number of hydrogen-bond donors (Lipinski definition) is 1. The van der Waals surface area contributed by atoms with Crippen LogP contribution < -0.4 is 4.90 Å². The molecule has 2 saturated heterocycles. The van der Waals surface area contributed by atoms with Crippen LogP contribution in [0.1, 0.15) is 32.6 Å². The molecule has 0 spiro atoms. The fraction of sp³-hybridized carbons (Fsp3) is 0.632. The van der Waals surface area contributed by atoms with Gasteiger partial charge in [0.2, 0.25) is 10.0 Å². The summed E-state index contributed by atoms with van der Waals surface area (Å²) in [4.78, 5) is 15.1. The third-order valence-electron chi connectivity index (χ3n) is 5.76. The van der Waals surface area contributed by atoms with Gasteiger partial charge in [0.25, 0.3) is 5.91 Å². The van der Waals surface area contributed by atoms with Crippen LogP contribution in [0.3, 0.4) is 0 Å². The number of piperidine rings is 1. The van der Waals surface area contributed by atoms with Gasteiger partial charge in [-0.25, -0.2) is 17.2 Å². The average molecular weight is 417 g/mol. The van der Waals surface area contributed by atoms with E-state index in [4.69, 9.17) is 0 Å². The minimum absolute atomic E-state index is 0.119. The number of benzene rings is 1. The number of hydrogen-bond acceptors (Lipinski definition) is 3. The Balaban J connectivity index is 1.59. The van der Waals surface area contributed by atoms with Crippen molar-refractivity contribution in [2.45, 2.75) is 43.5 Å². The molecule has 0 aromatic heterocycles. The van der Waals surface area contributed by atoms with Gasteiger partial charge in [0.1, 0.15) is 16.5 Å². The Bertz CT molecular complexity index is 811. The predicted molar refractivity (Wildman–Crippen MR) is 100 cm³/mol. The van der Waals surface area contributed by atoms with Crippen molar-refractivity contribution < 1.29 is 26.9 Å². The van der Waals surface area contributed by atoms with Crippen molar-refractivity contribution in [1.29, 1.82) is 0 Å². The van der Waals surface area contributed by atoms with Gasteiger partial charge in [-0.15, -0.1) is 0 Å². The lowest BCUT2D eigenvalue weighted by molar-refractivity contribution is -0.896. The molecule has 1 aromatic rings. The van der Waals surface area contributed by atoms with Crippen LogP contribution in [0.5, 0.6) is 0 Å². The molecule has 1 N–H and O–H groups in total. The first-order valence-electron chi connectivity index (χ1n) is 9.91. The molecule has 0 saturated carbocycles. The monoisotopic (exact) mass is 416 g/mol. The van der Waals surface area contributed by atoms with Gasteiger partial charge in [0.05, 0.1) is 26.2 Å². The number of quaternary nitrogens is 1. The number of nitrogens with zero attached hydrogens (tertiary/aromatic N) is 2. The summed E-state index contributed by atoms with van der Waals surface area (Å²) in [5.41, 5.74) is 0. The molecule has 1 atom stereocenters. The van der Waals surface area contributed by atoms with Gasteiger partial charge in [-0.3, -0.25) is 4.79 Å². The SMILES string of the molecule is CC[C@H]1CCCCN1C(=O)C[NH+]1CCN(S(=O)(=O)c2cc(F)ccc2F)CC1. The maximum Gasteiger partial charge on any atom is 0.278 e. The van der Waals surface area contributed by atoms with E-state index in [1.807, 2.05) is 4.90 Å². The Morgan fingerprint density at radius 3 is 2.57 bits per heavy atom. The molecule has 2 aliphatic heterocycles. The molecule has 0 radical (unpaired) electrons. The molecule has 28 heavy (non-hydrogen) atoms. The minimum atomic E-state index is -4.09. The summed E-state index contributed by atoms with van der Waals surface area (Å²) in [6, 6.07) is 2.74. The second kappa shape index (κ2) is 8.84. The van der Waals surface area contributed by atoms with E-state index < -0.39 is 26.6 Å². The van der Waals surface area contributed by atoms with Crippen LogP contribution in [0.15, 0.2) is 23.1 Å². The van der Waals surface area contributed by atoms with Gasteiger partial charge in [0.15, 0.2) is 6.54 Å². The second-order valence-electron chi connectivity index (χ2n) is 7.55. The van der Waals surface area contributed by atoms with Gasteiger partial charge in [0, 0.05) is 12.6 Å². The number of amides is 1. The van der Waals surface area contributed by atoms with Crippen molar-refractivity contribution in [2.24, 2.45) is 0 Å². The van der Waals surface area contributed by atoms with Crippen molar-refractivity contribution in [3.8, 4) is 0 Å². The van der Waals surface area contributed by atoms with Crippen LogP contribution in [0.4, 0.5) is 8.78 Å². The molecule has 1 amide bonds. The third-order valence-corrected chi connectivity index (χ3v) is 7.67. The highest BCUT2D eigenvalue weighted by molar-refractivity contribution is 7.89. The molecule has 2 aliphatic rings. The maximum absolute atomic E-state index is 13.9. The number of likely N-dealkylation sites (tertiary alicyclic amines) is 1. The normalized spacial score (nSPS) is 22.4. The Morgan fingerprint density at radius 2 is 1.89 bits per heavy atom. The number of sulfonamides is 1. The standard InChI is InChI=1S/C19H27F2N3O3S/c1-2-16-5-3-4-8-24(16)19(25)14-22-9-11-23(12-10-22)28(26,27)18-13-15(20)6-7-17(18)21/h6-7,13,16H,2-5,8-12,14H2,1H3/p+1/t16-/m0/s1. The summed E-state index contributed by atoms with van der Waals surface area (Å²) in [5.74, 6) is -1.63. The Labute approximate surface area is 165 Å². The van der Waals surface area contributed by atoms with Crippen LogP contribution in [-0.2, 0) is 14.8 Å². The molecule has 1 aromatic carbocycles. The summed E-state index contributed by atoms with van der Waals surface area (Å²) >= 11 is 0. The minimum Gasteiger partial charge on any atom is -0.335 e. The van der Waals surface area contributed by atoms with Crippen LogP contribution in [0.2, 0.25) is 0 Å². The summed E-state index contributed by atoms with van der Waals surface area (Å²) in [5, 5.41) is 0. The first kappa shape index (κ1) is 21.1. The van der Waals surface area contributed by atoms with E-state index >= 15 is 0 Å². The first-order chi connectivity index (χ1) is 13.3. The fourth-order valence-electron chi connectivity index (χ4n) is 4.10. The van der Waals surface area contributed by atoms with Crippen molar-refractivity contribution in [3.63, 3.8) is 0 Å². The smallest absolute Gasteiger partial charge is 0.278 e. The Morgan fingerprint density at radius 1 is 1.18 bits per heavy atom. The second-order valence-corrected chi connectivity index (χ2v) is 9.46. The van der Waals surface area contributed by atoms with Gasteiger partial charge >= 0.3 is 0 Å². The molecule has 156 valence electrons. The number of carbonyl (C=O) groups excluding carboxylic acids is 1. The van der Waals surface area contributed by atoms with E-state index in [9.17, 15) is 22.0 Å². The van der Waals surface area contributed by atoms with Crippen LogP contribution in [0.25, 0.3) is 0 Å². The highest BCUT2D eigenvalue weighted by Gasteiger charge is 2.34. The van der Waals surface area contributed by atoms with Crippen LogP contribution >= 0.6 is 0 Å². The summed E-state index contributed by atoms with van der Waals surface area (Å²) in [6.45, 7) is 4.52. The molecule has 0 unspecified atom stereocenters. The lowest BCUT2D eigenvalue weighted by Gasteiger charge is -2.37. The largest absolute Gasteiger partial charge is 0.335 e. The molecule has 0 aliphatic carbocycles. The zero-order chi connectivity index (χ0) is 20.3. The Hall–Kier alpha value is -1.58. The topological polar surface area (TPSA) is 62.1 Å². The number of nitrogens with one attached hydrogen (secondary N) is 1. The fourth-order valence-corrected chi connectivity index (χ4v) is 5.62. The van der Waals surface area contributed by atoms with Gasteiger partial charge < -0.3 is 9.80 Å². The summed E-state index contributed by atoms with van der Waals surface area (Å²) in [7, 11) is -4.09. The van der Waals surface area contributed by atoms with Gasteiger partial charge in [-0.05, 0) is 43.9 Å². The summed E-state index contributed by atoms with van der Waals surface area (Å²) in [6.07, 6.45) is 4.18. The third kappa shape index (κ3) is 4.52. The number of carbonyl (C=O) groups is 1. The Kier molecular flexibility index (Phi) is 6.67. The molecular formula is C19H28F2N3O3S+. The van der Waals surface area contributed by atoms with E-state index in [0.29, 0.717) is 31.7 Å². The van der Waals surface area contributed by atoms with Crippen LogP contribution in [-0.4, -0.2) is 68.8 Å². The molecule has 2 fully saturated rings. The first-order valence-corrected chi connectivity index (χ1v) is 11.3. The highest BCUT2D eigenvalue weighted by Crippen LogP contribution is 2.21. The molecule has 6 nitrogen and oxygen atoms in total. The van der Waals surface area contributed by atoms with Crippen molar-refractivity contribution in [3.05, 3.63) is 29.8 Å².